The molecular weight excluding hydrogens is 252 g/mol. The Hall–Kier alpha value is -1.88. The summed E-state index contributed by atoms with van der Waals surface area (Å²) in [7, 11) is 0. The SMILES string of the molecule is CCN(CC1CCCN1)C(=O)c1ccc2cn[nH]c2c1. The third-order valence-corrected chi connectivity index (χ3v) is 3.96. The number of nitrogens with zero attached hydrogens (tertiary/aromatic N) is 2. The number of likely N-dealkylation sites (N-methyl/N-ethyl adjacent to an activating group) is 1. The molecule has 0 radical (unpaired) electrons. The average molecular weight is 272 g/mol. The largest absolute Gasteiger partial charge is 0.337 e. The van der Waals surface area contributed by atoms with Crippen LogP contribution in [0.3, 0.4) is 0 Å². The maximum Gasteiger partial charge on any atom is 0.253 e. The van der Waals surface area contributed by atoms with Gasteiger partial charge in [0.2, 0.25) is 0 Å². The van der Waals surface area contributed by atoms with Gasteiger partial charge in [0, 0.05) is 30.1 Å². The molecule has 0 bridgehead atoms. The fourth-order valence-electron chi connectivity index (χ4n) is 2.79. The summed E-state index contributed by atoms with van der Waals surface area (Å²) in [4.78, 5) is 14.5. The quantitative estimate of drug-likeness (QED) is 0.892. The highest BCUT2D eigenvalue weighted by atomic mass is 16.2. The molecule has 1 unspecified atom stereocenters. The number of H-pyrrole nitrogens is 1. The molecule has 0 saturated carbocycles. The van der Waals surface area contributed by atoms with E-state index in [4.69, 9.17) is 0 Å². The van der Waals surface area contributed by atoms with Gasteiger partial charge < -0.3 is 10.2 Å². The Morgan fingerprint density at radius 2 is 2.40 bits per heavy atom. The minimum Gasteiger partial charge on any atom is -0.337 e. The van der Waals surface area contributed by atoms with Crippen LogP contribution in [0.15, 0.2) is 24.4 Å². The molecule has 3 rings (SSSR count). The fourth-order valence-corrected chi connectivity index (χ4v) is 2.79. The molecule has 2 N–H and O–H groups in total. The van der Waals surface area contributed by atoms with Crippen LogP contribution in [-0.2, 0) is 0 Å². The number of aromatic nitrogens is 2. The van der Waals surface area contributed by atoms with Crippen molar-refractivity contribution >= 4 is 16.8 Å². The Kier molecular flexibility index (Phi) is 3.69. The summed E-state index contributed by atoms with van der Waals surface area (Å²) in [6, 6.07) is 6.14. The molecule has 1 amide bonds. The third-order valence-electron chi connectivity index (χ3n) is 3.96. The first-order valence-corrected chi connectivity index (χ1v) is 7.23. The molecule has 0 aliphatic carbocycles. The van der Waals surface area contributed by atoms with Crippen molar-refractivity contribution in [2.45, 2.75) is 25.8 Å². The molecule has 20 heavy (non-hydrogen) atoms. The zero-order chi connectivity index (χ0) is 13.9. The summed E-state index contributed by atoms with van der Waals surface area (Å²) in [5.74, 6) is 0.0951. The predicted octanol–water partition coefficient (Wildman–Crippen LogP) is 1.78. The number of carbonyl (C=O) groups is 1. The molecule has 0 spiro atoms. The van der Waals surface area contributed by atoms with Gasteiger partial charge in [0.1, 0.15) is 0 Å². The van der Waals surface area contributed by atoms with Gasteiger partial charge in [-0.25, -0.2) is 0 Å². The summed E-state index contributed by atoms with van der Waals surface area (Å²) in [5, 5.41) is 11.4. The van der Waals surface area contributed by atoms with Gasteiger partial charge in [0.15, 0.2) is 0 Å². The van der Waals surface area contributed by atoms with Crippen molar-refractivity contribution in [3.63, 3.8) is 0 Å². The standard InChI is InChI=1S/C15H20N4O/c1-2-19(10-13-4-3-7-16-13)15(20)11-5-6-12-9-17-18-14(12)8-11/h5-6,8-9,13,16H,2-4,7,10H2,1H3,(H,17,18). The molecule has 106 valence electrons. The van der Waals surface area contributed by atoms with Crippen LogP contribution < -0.4 is 5.32 Å². The lowest BCUT2D eigenvalue weighted by Crippen LogP contribution is -2.41. The molecule has 1 atom stereocenters. The Labute approximate surface area is 118 Å². The van der Waals surface area contributed by atoms with Gasteiger partial charge in [-0.2, -0.15) is 5.10 Å². The van der Waals surface area contributed by atoms with E-state index in [1.54, 1.807) is 6.20 Å². The van der Waals surface area contributed by atoms with E-state index in [-0.39, 0.29) is 5.91 Å². The van der Waals surface area contributed by atoms with E-state index < -0.39 is 0 Å². The second-order valence-electron chi connectivity index (χ2n) is 5.31. The second-order valence-corrected chi connectivity index (χ2v) is 5.31. The molecule has 2 aromatic rings. The predicted molar refractivity (Wildman–Crippen MR) is 78.7 cm³/mol. The van der Waals surface area contributed by atoms with E-state index in [1.165, 1.54) is 6.42 Å². The molecule has 2 heterocycles. The van der Waals surface area contributed by atoms with Gasteiger partial charge >= 0.3 is 0 Å². The zero-order valence-electron chi connectivity index (χ0n) is 11.7. The molecule has 5 nitrogen and oxygen atoms in total. The maximum atomic E-state index is 12.6. The number of amides is 1. The van der Waals surface area contributed by atoms with Crippen molar-refractivity contribution in [3.8, 4) is 0 Å². The molecule has 1 aliphatic heterocycles. The van der Waals surface area contributed by atoms with Crippen LogP contribution in [0, 0.1) is 0 Å². The molecule has 1 aromatic heterocycles. The van der Waals surface area contributed by atoms with Crippen molar-refractivity contribution in [1.82, 2.24) is 20.4 Å². The summed E-state index contributed by atoms with van der Waals surface area (Å²) in [6.07, 6.45) is 4.13. The van der Waals surface area contributed by atoms with Gasteiger partial charge in [-0.3, -0.25) is 9.89 Å². The highest BCUT2D eigenvalue weighted by Gasteiger charge is 2.21. The van der Waals surface area contributed by atoms with E-state index in [0.29, 0.717) is 6.04 Å². The van der Waals surface area contributed by atoms with Gasteiger partial charge in [-0.15, -0.1) is 0 Å². The minimum atomic E-state index is 0.0951. The van der Waals surface area contributed by atoms with Crippen molar-refractivity contribution in [2.75, 3.05) is 19.6 Å². The van der Waals surface area contributed by atoms with E-state index in [9.17, 15) is 4.79 Å². The average Bonchev–Trinajstić information content (AvgIpc) is 3.14. The van der Waals surface area contributed by atoms with E-state index >= 15 is 0 Å². The first kappa shape index (κ1) is 13.1. The molecule has 1 aromatic carbocycles. The second kappa shape index (κ2) is 5.63. The van der Waals surface area contributed by atoms with Gasteiger partial charge in [0.25, 0.3) is 5.91 Å². The van der Waals surface area contributed by atoms with Crippen LogP contribution >= 0.6 is 0 Å². The topological polar surface area (TPSA) is 61.0 Å². The first-order chi connectivity index (χ1) is 9.78. The van der Waals surface area contributed by atoms with Crippen LogP contribution in [0.1, 0.15) is 30.1 Å². The van der Waals surface area contributed by atoms with Crippen LogP contribution in [0.25, 0.3) is 10.9 Å². The molecule has 5 heteroatoms. The van der Waals surface area contributed by atoms with Gasteiger partial charge in [-0.1, -0.05) is 6.07 Å². The van der Waals surface area contributed by atoms with Crippen molar-refractivity contribution in [3.05, 3.63) is 30.0 Å². The normalized spacial score (nSPS) is 18.6. The van der Waals surface area contributed by atoms with Crippen molar-refractivity contribution in [2.24, 2.45) is 0 Å². The number of carbonyl (C=O) groups excluding carboxylic acids is 1. The van der Waals surface area contributed by atoms with Crippen LogP contribution in [0.2, 0.25) is 0 Å². The maximum absolute atomic E-state index is 12.6. The molecule has 1 saturated heterocycles. The third kappa shape index (κ3) is 2.54. The molecule has 1 aliphatic rings. The van der Waals surface area contributed by atoms with Gasteiger partial charge in [0.05, 0.1) is 11.7 Å². The smallest absolute Gasteiger partial charge is 0.253 e. The highest BCUT2D eigenvalue weighted by molar-refractivity contribution is 5.97. The van der Waals surface area contributed by atoms with Crippen LogP contribution in [0.4, 0.5) is 0 Å². The summed E-state index contributed by atoms with van der Waals surface area (Å²) >= 11 is 0. The number of aromatic amines is 1. The number of rotatable bonds is 4. The Morgan fingerprint density at radius 3 is 3.15 bits per heavy atom. The lowest BCUT2D eigenvalue weighted by atomic mass is 10.1. The monoisotopic (exact) mass is 272 g/mol. The zero-order valence-corrected chi connectivity index (χ0v) is 11.7. The summed E-state index contributed by atoms with van der Waals surface area (Å²) in [6.45, 7) is 4.62. The van der Waals surface area contributed by atoms with E-state index in [1.807, 2.05) is 30.0 Å². The summed E-state index contributed by atoms with van der Waals surface area (Å²) in [5.41, 5.74) is 1.63. The number of nitrogens with one attached hydrogen (secondary N) is 2. The van der Waals surface area contributed by atoms with Gasteiger partial charge in [-0.05, 0) is 38.4 Å². The number of hydrogen-bond acceptors (Lipinski definition) is 3. The first-order valence-electron chi connectivity index (χ1n) is 7.23. The Morgan fingerprint density at radius 1 is 1.50 bits per heavy atom. The van der Waals surface area contributed by atoms with Crippen LogP contribution in [-0.4, -0.2) is 46.7 Å². The lowest BCUT2D eigenvalue weighted by molar-refractivity contribution is 0.0751. The summed E-state index contributed by atoms with van der Waals surface area (Å²) < 4.78 is 0. The fraction of sp³-hybridized carbons (Fsp3) is 0.467. The minimum absolute atomic E-state index is 0.0951. The lowest BCUT2D eigenvalue weighted by Gasteiger charge is -2.24. The van der Waals surface area contributed by atoms with Crippen LogP contribution in [0.5, 0.6) is 0 Å². The van der Waals surface area contributed by atoms with E-state index in [2.05, 4.69) is 15.5 Å². The number of fused-ring (bicyclic) bond motifs is 1. The highest BCUT2D eigenvalue weighted by Crippen LogP contribution is 2.15. The van der Waals surface area contributed by atoms with Crippen molar-refractivity contribution in [1.29, 1.82) is 0 Å². The number of benzene rings is 1. The molecule has 1 fully saturated rings. The molecular formula is C15H20N4O. The Bertz CT molecular complexity index is 601. The Balaban J connectivity index is 1.77. The number of hydrogen-bond donors (Lipinski definition) is 2. The van der Waals surface area contributed by atoms with E-state index in [0.717, 1.165) is 42.5 Å². The van der Waals surface area contributed by atoms with Crippen molar-refractivity contribution < 1.29 is 4.79 Å².